The van der Waals surface area contributed by atoms with Crippen molar-refractivity contribution in [3.8, 4) is 11.5 Å². The van der Waals surface area contributed by atoms with Gasteiger partial charge in [0.2, 0.25) is 11.8 Å². The quantitative estimate of drug-likeness (QED) is 0.370. The summed E-state index contributed by atoms with van der Waals surface area (Å²) in [6.45, 7) is 6.37. The van der Waals surface area contributed by atoms with Crippen molar-refractivity contribution in [3.05, 3.63) is 18.2 Å². The van der Waals surface area contributed by atoms with Crippen LogP contribution in [0.4, 0.5) is 10.5 Å². The summed E-state index contributed by atoms with van der Waals surface area (Å²) in [5.74, 6) is 0.541. The lowest BCUT2D eigenvalue weighted by atomic mass is 9.46. The van der Waals surface area contributed by atoms with Gasteiger partial charge in [0.25, 0.3) is 0 Å². The van der Waals surface area contributed by atoms with Gasteiger partial charge < -0.3 is 34.6 Å². The van der Waals surface area contributed by atoms with Gasteiger partial charge in [0.15, 0.2) is 0 Å². The number of aliphatic hydroxyl groups is 2. The van der Waals surface area contributed by atoms with Crippen molar-refractivity contribution in [1.82, 2.24) is 10.2 Å². The first kappa shape index (κ1) is 30.9. The number of carbonyl (C=O) groups is 3. The molecule has 4 N–H and O–H groups in total. The van der Waals surface area contributed by atoms with E-state index in [0.29, 0.717) is 62.4 Å². The lowest BCUT2D eigenvalue weighted by molar-refractivity contribution is -0.186. The first-order valence-corrected chi connectivity index (χ1v) is 14.5. The van der Waals surface area contributed by atoms with E-state index in [4.69, 9.17) is 14.2 Å². The van der Waals surface area contributed by atoms with E-state index >= 15 is 0 Å². The number of nitrogens with zero attached hydrogens (tertiary/aromatic N) is 1. The molecule has 2 saturated carbocycles. The Hall–Kier alpha value is -3.05. The highest BCUT2D eigenvalue weighted by Crippen LogP contribution is 2.61. The third-order valence-corrected chi connectivity index (χ3v) is 9.87. The zero-order chi connectivity index (χ0) is 29.9. The van der Waals surface area contributed by atoms with Gasteiger partial charge in [-0.25, -0.2) is 4.79 Å². The second-order valence-electron chi connectivity index (χ2n) is 12.4. The second kappa shape index (κ2) is 12.4. The van der Waals surface area contributed by atoms with Gasteiger partial charge in [0.1, 0.15) is 17.6 Å². The minimum atomic E-state index is -0.762. The van der Waals surface area contributed by atoms with Crippen LogP contribution in [-0.4, -0.2) is 85.2 Å². The highest BCUT2D eigenvalue weighted by atomic mass is 16.6. The molecule has 7 unspecified atom stereocenters. The molecular formula is C30H45N3O8. The van der Waals surface area contributed by atoms with E-state index in [2.05, 4.69) is 17.6 Å². The third-order valence-electron chi connectivity index (χ3n) is 9.87. The van der Waals surface area contributed by atoms with Gasteiger partial charge in [-0.15, -0.1) is 0 Å². The molecule has 4 rings (SSSR count). The highest BCUT2D eigenvalue weighted by molar-refractivity contribution is 5.85. The van der Waals surface area contributed by atoms with E-state index in [1.54, 1.807) is 23.1 Å². The summed E-state index contributed by atoms with van der Waals surface area (Å²) in [4.78, 5) is 39.6. The fourth-order valence-corrected chi connectivity index (χ4v) is 7.65. The Morgan fingerprint density at radius 3 is 2.34 bits per heavy atom. The first-order chi connectivity index (χ1) is 19.4. The van der Waals surface area contributed by atoms with Gasteiger partial charge in [0.05, 0.1) is 32.6 Å². The average molecular weight is 576 g/mol. The van der Waals surface area contributed by atoms with Crippen molar-refractivity contribution in [2.75, 3.05) is 39.2 Å². The number of amides is 3. The molecule has 0 spiro atoms. The molecule has 1 aliphatic heterocycles. The summed E-state index contributed by atoms with van der Waals surface area (Å²) in [5.41, 5.74) is -0.736. The molecule has 11 heteroatoms. The number of ether oxygens (including phenoxy) is 3. The third kappa shape index (κ3) is 6.40. The van der Waals surface area contributed by atoms with E-state index in [1.807, 2.05) is 6.92 Å². The summed E-state index contributed by atoms with van der Waals surface area (Å²) in [7, 11) is 3.05. The fourth-order valence-electron chi connectivity index (χ4n) is 7.65. The summed E-state index contributed by atoms with van der Waals surface area (Å²) in [6, 6.07) is 4.97. The predicted octanol–water partition coefficient (Wildman–Crippen LogP) is 2.93. The number of likely N-dealkylation sites (tertiary alicyclic amines) is 1. The zero-order valence-electron chi connectivity index (χ0n) is 24.8. The van der Waals surface area contributed by atoms with E-state index in [-0.39, 0.29) is 42.7 Å². The standard InChI is InChI=1S/C30H45N3O8/c1-18(35)31-19-9-11-33(16-19)27(37)15-23-24(36)6-7-25-29(23,2)10-8-26(30(25,3)17-34)41-28(38)32-20-12-21(39-4)14-22(13-20)40-5/h12-14,19,23-26,34,36H,6-11,15-17H2,1-5H3,(H,31,35)(H,32,38). The molecule has 11 nitrogen and oxygen atoms in total. The summed E-state index contributed by atoms with van der Waals surface area (Å²) in [6.07, 6.45) is 1.37. The molecule has 0 radical (unpaired) electrons. The van der Waals surface area contributed by atoms with Gasteiger partial charge in [-0.05, 0) is 49.4 Å². The molecule has 2 aliphatic carbocycles. The van der Waals surface area contributed by atoms with Gasteiger partial charge >= 0.3 is 6.09 Å². The van der Waals surface area contributed by atoms with Crippen molar-refractivity contribution >= 4 is 23.6 Å². The number of fused-ring (bicyclic) bond motifs is 1. The lowest BCUT2D eigenvalue weighted by Gasteiger charge is -2.60. The maximum Gasteiger partial charge on any atom is 0.411 e. The van der Waals surface area contributed by atoms with Crippen LogP contribution in [0.15, 0.2) is 18.2 Å². The van der Waals surface area contributed by atoms with Crippen molar-refractivity contribution < 1.29 is 38.8 Å². The molecule has 7 atom stereocenters. The molecule has 3 aliphatic rings. The van der Waals surface area contributed by atoms with Crippen LogP contribution >= 0.6 is 0 Å². The number of carbonyl (C=O) groups excluding carboxylic acids is 3. The molecule has 1 heterocycles. The van der Waals surface area contributed by atoms with E-state index in [9.17, 15) is 24.6 Å². The van der Waals surface area contributed by atoms with Gasteiger partial charge in [-0.1, -0.05) is 13.8 Å². The van der Waals surface area contributed by atoms with Gasteiger partial charge in [0, 0.05) is 56.1 Å². The molecule has 0 aromatic heterocycles. The van der Waals surface area contributed by atoms with Crippen molar-refractivity contribution in [2.45, 2.75) is 77.5 Å². The normalized spacial score (nSPS) is 33.0. The number of rotatable bonds is 8. The monoisotopic (exact) mass is 575 g/mol. The van der Waals surface area contributed by atoms with E-state index < -0.39 is 29.1 Å². The topological polar surface area (TPSA) is 147 Å². The Balaban J connectivity index is 1.46. The smallest absolute Gasteiger partial charge is 0.411 e. The molecule has 3 amide bonds. The zero-order valence-corrected chi connectivity index (χ0v) is 24.8. The van der Waals surface area contributed by atoms with Crippen molar-refractivity contribution in [1.29, 1.82) is 0 Å². The Bertz CT molecular complexity index is 1110. The minimum absolute atomic E-state index is 0.0269. The Labute approximate surface area is 241 Å². The number of benzene rings is 1. The Morgan fingerprint density at radius 1 is 1.05 bits per heavy atom. The maximum absolute atomic E-state index is 13.4. The van der Waals surface area contributed by atoms with Crippen LogP contribution in [0.25, 0.3) is 0 Å². The van der Waals surface area contributed by atoms with E-state index in [0.717, 1.165) is 0 Å². The van der Waals surface area contributed by atoms with Crippen LogP contribution in [0.2, 0.25) is 0 Å². The van der Waals surface area contributed by atoms with Crippen LogP contribution in [0.1, 0.15) is 59.3 Å². The van der Waals surface area contributed by atoms with E-state index in [1.165, 1.54) is 21.1 Å². The second-order valence-corrected chi connectivity index (χ2v) is 12.4. The first-order valence-electron chi connectivity index (χ1n) is 14.5. The summed E-state index contributed by atoms with van der Waals surface area (Å²) in [5, 5.41) is 27.5. The van der Waals surface area contributed by atoms with Crippen molar-refractivity contribution in [2.24, 2.45) is 22.7 Å². The number of anilines is 1. The minimum Gasteiger partial charge on any atom is -0.497 e. The maximum atomic E-state index is 13.4. The average Bonchev–Trinajstić information content (AvgIpc) is 3.40. The fraction of sp³-hybridized carbons (Fsp3) is 0.700. The van der Waals surface area contributed by atoms with Crippen LogP contribution in [-0.2, 0) is 14.3 Å². The van der Waals surface area contributed by atoms with Gasteiger partial charge in [-0.3, -0.25) is 14.9 Å². The van der Waals surface area contributed by atoms with Gasteiger partial charge in [-0.2, -0.15) is 0 Å². The molecule has 1 saturated heterocycles. The largest absolute Gasteiger partial charge is 0.497 e. The Kier molecular flexibility index (Phi) is 9.38. The van der Waals surface area contributed by atoms with Crippen LogP contribution in [0, 0.1) is 22.7 Å². The molecule has 228 valence electrons. The number of aliphatic hydroxyl groups excluding tert-OH is 2. The van der Waals surface area contributed by atoms with Crippen molar-refractivity contribution in [3.63, 3.8) is 0 Å². The highest BCUT2D eigenvalue weighted by Gasteiger charge is 2.60. The predicted molar refractivity (Wildman–Crippen MR) is 152 cm³/mol. The van der Waals surface area contributed by atoms with Crippen LogP contribution in [0.3, 0.4) is 0 Å². The number of nitrogens with one attached hydrogen (secondary N) is 2. The van der Waals surface area contributed by atoms with Crippen LogP contribution < -0.4 is 20.1 Å². The molecule has 1 aromatic carbocycles. The summed E-state index contributed by atoms with van der Waals surface area (Å²) < 4.78 is 16.5. The summed E-state index contributed by atoms with van der Waals surface area (Å²) >= 11 is 0. The lowest BCUT2D eigenvalue weighted by Crippen LogP contribution is -2.61. The number of hydrogen-bond donors (Lipinski definition) is 4. The molecule has 41 heavy (non-hydrogen) atoms. The Morgan fingerprint density at radius 2 is 1.73 bits per heavy atom. The molecule has 3 fully saturated rings. The number of methoxy groups -OCH3 is 2. The molecule has 0 bridgehead atoms. The SMILES string of the molecule is COc1cc(NC(=O)OC2CCC3(C)C(CC(=O)N4CCC(NC(C)=O)C4)C(O)CCC3C2(C)CO)cc(OC)c1. The van der Waals surface area contributed by atoms with Crippen LogP contribution in [0.5, 0.6) is 11.5 Å². The molecule has 1 aromatic rings. The number of hydrogen-bond acceptors (Lipinski definition) is 8. The molecular weight excluding hydrogens is 530 g/mol.